The van der Waals surface area contributed by atoms with Gasteiger partial charge in [0.15, 0.2) is 11.3 Å². The highest BCUT2D eigenvalue weighted by Gasteiger charge is 2.20. The number of piperazine rings is 1. The van der Waals surface area contributed by atoms with Crippen molar-refractivity contribution in [3.8, 4) is 5.75 Å². The van der Waals surface area contributed by atoms with Crippen molar-refractivity contribution in [2.75, 3.05) is 75.4 Å². The van der Waals surface area contributed by atoms with Crippen molar-refractivity contribution in [2.45, 2.75) is 6.92 Å². The second kappa shape index (κ2) is 10.3. The summed E-state index contributed by atoms with van der Waals surface area (Å²) in [6.45, 7) is 9.87. The van der Waals surface area contributed by atoms with Gasteiger partial charge in [-0.2, -0.15) is 0 Å². The molecule has 0 unspecified atom stereocenters. The number of hydrogen-bond donors (Lipinski definition) is 0. The van der Waals surface area contributed by atoms with Crippen LogP contribution in [-0.2, 0) is 4.74 Å². The molecular formula is C26H30ClN3O4. The second-order valence-electron chi connectivity index (χ2n) is 8.74. The molecule has 2 saturated heterocycles. The van der Waals surface area contributed by atoms with Crippen LogP contribution in [0.15, 0.2) is 51.7 Å². The van der Waals surface area contributed by atoms with E-state index in [9.17, 15) is 4.79 Å². The van der Waals surface area contributed by atoms with Crippen molar-refractivity contribution >= 4 is 34.1 Å². The molecule has 2 aliphatic rings. The summed E-state index contributed by atoms with van der Waals surface area (Å²) < 4.78 is 17.7. The number of benzene rings is 2. The Morgan fingerprint density at radius 2 is 1.74 bits per heavy atom. The molecule has 34 heavy (non-hydrogen) atoms. The summed E-state index contributed by atoms with van der Waals surface area (Å²) in [4.78, 5) is 19.5. The van der Waals surface area contributed by atoms with Crippen LogP contribution in [0.2, 0.25) is 5.02 Å². The Bertz CT molecular complexity index is 1200. The van der Waals surface area contributed by atoms with Crippen LogP contribution in [0.4, 0.5) is 11.6 Å². The molecule has 0 spiro atoms. The first-order chi connectivity index (χ1) is 16.6. The normalized spacial score (nSPS) is 17.4. The molecule has 0 atom stereocenters. The number of nitrogens with zero attached hydrogens (tertiary/aromatic N) is 3. The average molecular weight is 484 g/mol. The Morgan fingerprint density at radius 1 is 0.971 bits per heavy atom. The summed E-state index contributed by atoms with van der Waals surface area (Å²) in [7, 11) is 0. The molecule has 2 aromatic carbocycles. The minimum atomic E-state index is -0.0335. The van der Waals surface area contributed by atoms with Gasteiger partial charge >= 0.3 is 0 Å². The number of halogens is 1. The predicted molar refractivity (Wildman–Crippen MR) is 136 cm³/mol. The molecule has 2 aliphatic heterocycles. The Kier molecular flexibility index (Phi) is 6.94. The Balaban J connectivity index is 1.21. The highest BCUT2D eigenvalue weighted by molar-refractivity contribution is 6.33. The summed E-state index contributed by atoms with van der Waals surface area (Å²) in [6, 6.07) is 13.3. The van der Waals surface area contributed by atoms with E-state index in [2.05, 4.69) is 20.8 Å². The lowest BCUT2D eigenvalue weighted by atomic mass is 10.1. The first-order valence-corrected chi connectivity index (χ1v) is 12.2. The second-order valence-corrected chi connectivity index (χ2v) is 9.15. The number of fused-ring (bicyclic) bond motifs is 1. The summed E-state index contributed by atoms with van der Waals surface area (Å²) in [5.41, 5.74) is 2.52. The molecule has 0 aliphatic carbocycles. The summed E-state index contributed by atoms with van der Waals surface area (Å²) in [5, 5.41) is 1.38. The third kappa shape index (κ3) is 4.87. The minimum absolute atomic E-state index is 0.0335. The van der Waals surface area contributed by atoms with Crippen molar-refractivity contribution in [3.05, 3.63) is 63.3 Å². The van der Waals surface area contributed by atoms with Gasteiger partial charge in [-0.05, 0) is 31.2 Å². The Hall–Kier alpha value is -2.74. The van der Waals surface area contributed by atoms with Gasteiger partial charge in [-0.3, -0.25) is 9.69 Å². The molecule has 8 heteroatoms. The molecule has 0 radical (unpaired) electrons. The zero-order chi connectivity index (χ0) is 23.5. The van der Waals surface area contributed by atoms with E-state index >= 15 is 0 Å². The van der Waals surface area contributed by atoms with Crippen molar-refractivity contribution < 1.29 is 13.9 Å². The smallest absolute Gasteiger partial charge is 0.200 e. The zero-order valence-electron chi connectivity index (χ0n) is 19.5. The maximum Gasteiger partial charge on any atom is 0.200 e. The molecule has 2 fully saturated rings. The highest BCUT2D eigenvalue weighted by Crippen LogP contribution is 2.29. The number of rotatable bonds is 6. The van der Waals surface area contributed by atoms with Crippen LogP contribution in [0, 0.1) is 6.92 Å². The van der Waals surface area contributed by atoms with Crippen LogP contribution >= 0.6 is 11.6 Å². The molecular weight excluding hydrogens is 454 g/mol. The number of para-hydroxylation sites is 1. The van der Waals surface area contributed by atoms with Gasteiger partial charge in [-0.1, -0.05) is 23.7 Å². The molecule has 3 heterocycles. The van der Waals surface area contributed by atoms with Crippen LogP contribution in [0.5, 0.6) is 5.75 Å². The number of hydrogen-bond acceptors (Lipinski definition) is 7. The summed E-state index contributed by atoms with van der Waals surface area (Å²) in [6.07, 6.45) is 0. The summed E-state index contributed by atoms with van der Waals surface area (Å²) in [5.74, 6) is 1.35. The lowest BCUT2D eigenvalue weighted by molar-refractivity contribution is 0.121. The van der Waals surface area contributed by atoms with Gasteiger partial charge in [0.05, 0.1) is 29.3 Å². The van der Waals surface area contributed by atoms with Crippen LogP contribution < -0.4 is 20.0 Å². The van der Waals surface area contributed by atoms with Gasteiger partial charge in [0.1, 0.15) is 17.9 Å². The third-order valence-corrected chi connectivity index (χ3v) is 6.96. The van der Waals surface area contributed by atoms with Crippen LogP contribution in [0.3, 0.4) is 0 Å². The molecule has 180 valence electrons. The van der Waals surface area contributed by atoms with Gasteiger partial charge in [0, 0.05) is 57.4 Å². The lowest BCUT2D eigenvalue weighted by Crippen LogP contribution is -2.47. The fourth-order valence-corrected chi connectivity index (χ4v) is 4.88. The zero-order valence-corrected chi connectivity index (χ0v) is 20.2. The molecule has 0 amide bonds. The van der Waals surface area contributed by atoms with E-state index in [0.717, 1.165) is 54.7 Å². The van der Waals surface area contributed by atoms with Gasteiger partial charge in [-0.25, -0.2) is 0 Å². The van der Waals surface area contributed by atoms with E-state index in [4.69, 9.17) is 25.5 Å². The van der Waals surface area contributed by atoms with Crippen molar-refractivity contribution in [3.63, 3.8) is 0 Å². The predicted octanol–water partition coefficient (Wildman–Crippen LogP) is 3.79. The van der Waals surface area contributed by atoms with Gasteiger partial charge in [0.2, 0.25) is 0 Å². The monoisotopic (exact) mass is 483 g/mol. The Morgan fingerprint density at radius 3 is 2.50 bits per heavy atom. The van der Waals surface area contributed by atoms with Crippen molar-refractivity contribution in [1.29, 1.82) is 0 Å². The first kappa shape index (κ1) is 23.0. The van der Waals surface area contributed by atoms with E-state index in [-0.39, 0.29) is 5.43 Å². The number of morpholine rings is 1. The molecule has 5 rings (SSSR count). The summed E-state index contributed by atoms with van der Waals surface area (Å²) >= 11 is 6.35. The van der Waals surface area contributed by atoms with Crippen LogP contribution in [-0.4, -0.2) is 70.5 Å². The van der Waals surface area contributed by atoms with E-state index in [0.29, 0.717) is 49.8 Å². The van der Waals surface area contributed by atoms with Gasteiger partial charge in [0.25, 0.3) is 0 Å². The molecule has 0 saturated carbocycles. The fraction of sp³-hybridized carbons (Fsp3) is 0.423. The molecule has 3 aromatic rings. The minimum Gasteiger partial charge on any atom is -0.492 e. The van der Waals surface area contributed by atoms with Crippen molar-refractivity contribution in [1.82, 2.24) is 4.90 Å². The van der Waals surface area contributed by atoms with Crippen LogP contribution in [0.25, 0.3) is 11.0 Å². The Labute approximate surface area is 204 Å². The quantitative estimate of drug-likeness (QED) is 0.528. The van der Waals surface area contributed by atoms with Crippen molar-refractivity contribution in [2.24, 2.45) is 0 Å². The molecule has 0 N–H and O–H groups in total. The van der Waals surface area contributed by atoms with E-state index < -0.39 is 0 Å². The SMILES string of the molecule is Cc1c(OCCN2CCN(c3ccccc3Cl)CC2)ccc2c(=O)cc(N3CCOCC3)oc12. The van der Waals surface area contributed by atoms with E-state index in [1.807, 2.05) is 31.2 Å². The largest absolute Gasteiger partial charge is 0.492 e. The van der Waals surface area contributed by atoms with E-state index in [1.165, 1.54) is 0 Å². The standard InChI is InChI=1S/C26H30ClN3O4/c1-19-24(7-6-20-23(31)18-25(34-26(19)20)30-13-15-32-16-14-30)33-17-12-28-8-10-29(11-9-28)22-5-3-2-4-21(22)27/h2-7,18H,8-17H2,1H3. The number of aryl methyl sites for hydroxylation is 1. The average Bonchev–Trinajstić information content (AvgIpc) is 2.87. The maximum atomic E-state index is 12.7. The first-order valence-electron chi connectivity index (χ1n) is 11.8. The highest BCUT2D eigenvalue weighted by atomic mass is 35.5. The topological polar surface area (TPSA) is 58.4 Å². The van der Waals surface area contributed by atoms with Crippen LogP contribution in [0.1, 0.15) is 5.56 Å². The van der Waals surface area contributed by atoms with E-state index in [1.54, 1.807) is 12.1 Å². The fourth-order valence-electron chi connectivity index (χ4n) is 4.62. The number of ether oxygens (including phenoxy) is 2. The lowest BCUT2D eigenvalue weighted by Gasteiger charge is -2.36. The molecule has 1 aromatic heterocycles. The third-order valence-electron chi connectivity index (χ3n) is 6.64. The van der Waals surface area contributed by atoms with Gasteiger partial charge < -0.3 is 23.7 Å². The molecule has 0 bridgehead atoms. The number of anilines is 2. The van der Waals surface area contributed by atoms with Gasteiger partial charge in [-0.15, -0.1) is 0 Å². The maximum absolute atomic E-state index is 12.7. The molecule has 7 nitrogen and oxygen atoms in total.